The zero-order chi connectivity index (χ0) is 18.4. The molecule has 2 aromatic rings. The highest BCUT2D eigenvalue weighted by Crippen LogP contribution is 2.32. The highest BCUT2D eigenvalue weighted by atomic mass is 28.2. The van der Waals surface area contributed by atoms with E-state index in [0.29, 0.717) is 5.92 Å². The third kappa shape index (κ3) is 3.48. The Morgan fingerprint density at radius 3 is 2.20 bits per heavy atom. The van der Waals surface area contributed by atoms with Gasteiger partial charge in [-0.15, -0.1) is 0 Å². The Morgan fingerprint density at radius 2 is 1.60 bits per heavy atom. The summed E-state index contributed by atoms with van der Waals surface area (Å²) in [7, 11) is -0.423. The molecular weight excluding hydrogens is 316 g/mol. The number of fused-ring (bicyclic) bond motifs is 1. The number of hydrogen-bond donors (Lipinski definition) is 0. The van der Waals surface area contributed by atoms with E-state index in [-0.39, 0.29) is 5.41 Å². The van der Waals surface area contributed by atoms with Crippen LogP contribution in [0.4, 0.5) is 0 Å². The average Bonchev–Trinajstić information content (AvgIpc) is 2.97. The quantitative estimate of drug-likeness (QED) is 0.681. The summed E-state index contributed by atoms with van der Waals surface area (Å²) in [5, 5.41) is 4.33. The average molecular weight is 347 g/mol. The van der Waals surface area contributed by atoms with E-state index < -0.39 is 8.41 Å². The molecule has 0 amide bonds. The predicted molar refractivity (Wildman–Crippen MR) is 115 cm³/mol. The van der Waals surface area contributed by atoms with Crippen molar-refractivity contribution in [3.8, 4) is 11.1 Å². The summed E-state index contributed by atoms with van der Waals surface area (Å²) >= 11 is 0. The zero-order valence-corrected chi connectivity index (χ0v) is 17.7. The van der Waals surface area contributed by atoms with Crippen LogP contribution in [0, 0.1) is 0 Å². The minimum atomic E-state index is -0.423. The summed E-state index contributed by atoms with van der Waals surface area (Å²) in [6.45, 7) is 16.2. The monoisotopic (exact) mass is 346 g/mol. The first-order valence-corrected chi connectivity index (χ1v) is 11.8. The SMILES string of the molecule is CC(C)c1cc(C(C)(C)C)ccc1-c1cccc2c1=CC(=[Si](C)C)C=2. The molecule has 0 nitrogen and oxygen atoms in total. The molecule has 0 saturated carbocycles. The molecule has 0 aliphatic heterocycles. The first kappa shape index (κ1) is 18.1. The lowest BCUT2D eigenvalue weighted by Crippen LogP contribution is -2.23. The van der Waals surface area contributed by atoms with Gasteiger partial charge in [0, 0.05) is 8.41 Å². The maximum Gasteiger partial charge on any atom is 0.0128 e. The van der Waals surface area contributed by atoms with E-state index in [2.05, 4.69) is 96.3 Å². The molecule has 130 valence electrons. The van der Waals surface area contributed by atoms with E-state index >= 15 is 0 Å². The van der Waals surface area contributed by atoms with E-state index in [1.54, 1.807) is 0 Å². The van der Waals surface area contributed by atoms with Crippen molar-refractivity contribution in [1.82, 2.24) is 0 Å². The molecular formula is C24H30Si. The minimum absolute atomic E-state index is 0.184. The van der Waals surface area contributed by atoms with Crippen molar-refractivity contribution in [1.29, 1.82) is 0 Å². The Bertz CT molecular complexity index is 962. The van der Waals surface area contributed by atoms with Gasteiger partial charge < -0.3 is 0 Å². The lowest BCUT2D eigenvalue weighted by Gasteiger charge is -2.23. The molecule has 1 heteroatoms. The van der Waals surface area contributed by atoms with Gasteiger partial charge in [0.05, 0.1) is 0 Å². The number of hydrogen-bond acceptors (Lipinski definition) is 0. The predicted octanol–water partition coefficient (Wildman–Crippen LogP) is 4.86. The van der Waals surface area contributed by atoms with Crippen molar-refractivity contribution in [2.75, 3.05) is 0 Å². The first-order valence-electron chi connectivity index (χ1n) is 9.33. The standard InChI is InChI=1S/C24H30Si/c1-16(2)22-14-18(24(3,4)5)11-12-21(22)20-10-8-9-17-13-19(25(6)7)15-23(17)20/h8-16H,1-7H3. The number of benzene rings is 2. The number of rotatable bonds is 2. The van der Waals surface area contributed by atoms with Crippen molar-refractivity contribution in [3.63, 3.8) is 0 Å². The molecule has 2 aromatic carbocycles. The third-order valence-corrected chi connectivity index (χ3v) is 6.60. The van der Waals surface area contributed by atoms with Crippen molar-refractivity contribution >= 4 is 25.7 Å². The van der Waals surface area contributed by atoms with Gasteiger partial charge >= 0.3 is 0 Å². The second kappa shape index (κ2) is 6.53. The van der Waals surface area contributed by atoms with Gasteiger partial charge in [0.1, 0.15) is 0 Å². The molecule has 0 spiro atoms. The molecule has 0 atom stereocenters. The fourth-order valence-corrected chi connectivity index (χ4v) is 4.39. The Morgan fingerprint density at radius 1 is 0.880 bits per heavy atom. The summed E-state index contributed by atoms with van der Waals surface area (Å²) < 4.78 is 0. The highest BCUT2D eigenvalue weighted by Gasteiger charge is 2.18. The molecule has 0 radical (unpaired) electrons. The molecule has 0 N–H and O–H groups in total. The van der Waals surface area contributed by atoms with Gasteiger partial charge in [-0.3, -0.25) is 0 Å². The van der Waals surface area contributed by atoms with E-state index in [4.69, 9.17) is 0 Å². The van der Waals surface area contributed by atoms with Crippen LogP contribution in [0.3, 0.4) is 0 Å². The van der Waals surface area contributed by atoms with Crippen LogP contribution >= 0.6 is 0 Å². The smallest absolute Gasteiger partial charge is 0.0128 e. The Hall–Kier alpha value is -1.73. The fourth-order valence-electron chi connectivity index (χ4n) is 3.51. The second-order valence-electron chi connectivity index (χ2n) is 8.76. The first-order chi connectivity index (χ1) is 11.7. The summed E-state index contributed by atoms with van der Waals surface area (Å²) in [5.41, 5.74) is 5.84. The Balaban J connectivity index is 2.28. The van der Waals surface area contributed by atoms with Crippen molar-refractivity contribution in [2.24, 2.45) is 0 Å². The van der Waals surface area contributed by atoms with E-state index in [1.165, 1.54) is 37.9 Å². The molecule has 0 heterocycles. The van der Waals surface area contributed by atoms with E-state index in [0.717, 1.165) is 0 Å². The maximum absolute atomic E-state index is 2.43. The minimum Gasteiger partial charge on any atom is -0.0610 e. The fraction of sp³-hybridized carbons (Fsp3) is 0.375. The van der Waals surface area contributed by atoms with Crippen LogP contribution in [0.5, 0.6) is 0 Å². The van der Waals surface area contributed by atoms with Gasteiger partial charge in [-0.05, 0) is 49.2 Å². The van der Waals surface area contributed by atoms with Crippen LogP contribution in [0.15, 0.2) is 36.4 Å². The van der Waals surface area contributed by atoms with Crippen LogP contribution in [0.1, 0.15) is 51.7 Å². The molecule has 1 aliphatic carbocycles. The molecule has 3 rings (SSSR count). The third-order valence-electron chi connectivity index (χ3n) is 5.16. The lowest BCUT2D eigenvalue weighted by molar-refractivity contribution is 0.588. The summed E-state index contributed by atoms with van der Waals surface area (Å²) in [6, 6.07) is 13.9. The maximum atomic E-state index is 2.43. The summed E-state index contributed by atoms with van der Waals surface area (Å²) in [5.74, 6) is 0.513. The van der Waals surface area contributed by atoms with Crippen molar-refractivity contribution in [3.05, 3.63) is 58.0 Å². The molecule has 25 heavy (non-hydrogen) atoms. The zero-order valence-electron chi connectivity index (χ0n) is 16.7. The van der Waals surface area contributed by atoms with Gasteiger partial charge in [-0.1, -0.05) is 96.3 Å². The Labute approximate surface area is 154 Å². The molecule has 1 aliphatic rings. The van der Waals surface area contributed by atoms with Gasteiger partial charge in [-0.25, -0.2) is 0 Å². The van der Waals surface area contributed by atoms with E-state index in [9.17, 15) is 0 Å². The van der Waals surface area contributed by atoms with Gasteiger partial charge in [0.25, 0.3) is 0 Å². The van der Waals surface area contributed by atoms with Crippen molar-refractivity contribution < 1.29 is 0 Å². The van der Waals surface area contributed by atoms with Gasteiger partial charge in [-0.2, -0.15) is 0 Å². The second-order valence-corrected chi connectivity index (χ2v) is 11.3. The van der Waals surface area contributed by atoms with Gasteiger partial charge in [0.15, 0.2) is 0 Å². The Kier molecular flexibility index (Phi) is 4.72. The molecule has 0 saturated heterocycles. The molecule has 0 bridgehead atoms. The van der Waals surface area contributed by atoms with E-state index in [1.807, 2.05) is 0 Å². The molecule has 0 aromatic heterocycles. The topological polar surface area (TPSA) is 0 Å². The summed E-state index contributed by atoms with van der Waals surface area (Å²) in [6.07, 6.45) is 4.83. The lowest BCUT2D eigenvalue weighted by atomic mass is 9.82. The van der Waals surface area contributed by atoms with Crippen LogP contribution in [0.2, 0.25) is 13.1 Å². The molecule has 0 unspecified atom stereocenters. The van der Waals surface area contributed by atoms with Gasteiger partial charge in [0.2, 0.25) is 0 Å². The summed E-state index contributed by atoms with van der Waals surface area (Å²) in [4.78, 5) is 0. The highest BCUT2D eigenvalue weighted by molar-refractivity contribution is 6.79. The largest absolute Gasteiger partial charge is 0.0610 e. The normalized spacial score (nSPS) is 13.5. The van der Waals surface area contributed by atoms with Crippen LogP contribution in [-0.2, 0) is 5.41 Å². The van der Waals surface area contributed by atoms with Crippen molar-refractivity contribution in [2.45, 2.75) is 59.0 Å². The molecule has 0 fully saturated rings. The van der Waals surface area contributed by atoms with Crippen LogP contribution in [-0.4, -0.2) is 13.6 Å². The van der Waals surface area contributed by atoms with Crippen LogP contribution < -0.4 is 10.4 Å². The van der Waals surface area contributed by atoms with Crippen LogP contribution in [0.25, 0.3) is 23.3 Å².